The second-order valence-corrected chi connectivity index (χ2v) is 4.39. The number of phenols is 1. The summed E-state index contributed by atoms with van der Waals surface area (Å²) in [5, 5.41) is 9.25. The van der Waals surface area contributed by atoms with Crippen LogP contribution >= 0.6 is 15.9 Å². The lowest BCUT2D eigenvalue weighted by atomic mass is 10.0. The number of aromatic hydroxyl groups is 1. The van der Waals surface area contributed by atoms with Crippen molar-refractivity contribution in [3.8, 4) is 5.75 Å². The van der Waals surface area contributed by atoms with Crippen molar-refractivity contribution in [1.29, 1.82) is 0 Å². The van der Waals surface area contributed by atoms with E-state index in [-0.39, 0.29) is 22.4 Å². The van der Waals surface area contributed by atoms with Crippen molar-refractivity contribution in [2.24, 2.45) is 5.73 Å². The van der Waals surface area contributed by atoms with Gasteiger partial charge in [0.15, 0.2) is 0 Å². The zero-order valence-electron chi connectivity index (χ0n) is 9.49. The molecule has 0 unspecified atom stereocenters. The summed E-state index contributed by atoms with van der Waals surface area (Å²) in [5.41, 5.74) is 5.38. The number of benzene rings is 1. The van der Waals surface area contributed by atoms with Gasteiger partial charge in [-0.3, -0.25) is 0 Å². The number of halogens is 3. The van der Waals surface area contributed by atoms with E-state index in [4.69, 9.17) is 5.73 Å². The number of carbonyl (C=O) groups is 1. The molecule has 0 radical (unpaired) electrons. The maximum atomic E-state index is 13.6. The van der Waals surface area contributed by atoms with Crippen LogP contribution in [0.5, 0.6) is 5.75 Å². The zero-order valence-corrected chi connectivity index (χ0v) is 11.1. The summed E-state index contributed by atoms with van der Waals surface area (Å²) in [6.45, 7) is 1.27. The second-order valence-electron chi connectivity index (χ2n) is 3.53. The van der Waals surface area contributed by atoms with Crippen molar-refractivity contribution in [3.05, 3.63) is 28.2 Å². The topological polar surface area (TPSA) is 72.5 Å². The molecular weight excluding hydrogens is 312 g/mol. The van der Waals surface area contributed by atoms with E-state index in [9.17, 15) is 18.7 Å². The van der Waals surface area contributed by atoms with E-state index in [0.717, 1.165) is 0 Å². The number of alkyl halides is 2. The molecule has 1 aromatic carbocycles. The molecule has 1 rings (SSSR count). The smallest absolute Gasteiger partial charge is 0.379 e. The van der Waals surface area contributed by atoms with Gasteiger partial charge >= 0.3 is 11.9 Å². The number of ether oxygens (including phenoxy) is 1. The molecule has 0 spiro atoms. The van der Waals surface area contributed by atoms with Crippen LogP contribution in [0, 0.1) is 0 Å². The van der Waals surface area contributed by atoms with E-state index in [1.807, 2.05) is 0 Å². The molecule has 0 saturated heterocycles. The van der Waals surface area contributed by atoms with Crippen LogP contribution in [0.2, 0.25) is 0 Å². The van der Waals surface area contributed by atoms with E-state index >= 15 is 0 Å². The van der Waals surface area contributed by atoms with E-state index in [1.165, 1.54) is 25.1 Å². The van der Waals surface area contributed by atoms with Gasteiger partial charge in [0.05, 0.1) is 11.1 Å². The molecule has 0 fully saturated rings. The Morgan fingerprint density at radius 2 is 2.22 bits per heavy atom. The number of rotatable bonds is 4. The van der Waals surface area contributed by atoms with Gasteiger partial charge in [-0.15, -0.1) is 0 Å². The summed E-state index contributed by atoms with van der Waals surface area (Å²) in [4.78, 5) is 11.1. The first-order valence-electron chi connectivity index (χ1n) is 5.09. The highest BCUT2D eigenvalue weighted by Gasteiger charge is 2.47. The van der Waals surface area contributed by atoms with Gasteiger partial charge in [0, 0.05) is 0 Å². The van der Waals surface area contributed by atoms with Crippen LogP contribution in [0.3, 0.4) is 0 Å². The largest absolute Gasteiger partial charge is 0.507 e. The molecule has 0 heterocycles. The van der Waals surface area contributed by atoms with Crippen LogP contribution in [-0.4, -0.2) is 23.6 Å². The first-order valence-corrected chi connectivity index (χ1v) is 5.89. The van der Waals surface area contributed by atoms with Gasteiger partial charge in [0.1, 0.15) is 11.8 Å². The summed E-state index contributed by atoms with van der Waals surface area (Å²) in [5.74, 6) is -5.60. The van der Waals surface area contributed by atoms with Crippen molar-refractivity contribution in [1.82, 2.24) is 0 Å². The van der Waals surface area contributed by atoms with E-state index in [1.54, 1.807) is 0 Å². The Morgan fingerprint density at radius 1 is 1.61 bits per heavy atom. The minimum atomic E-state index is -3.83. The molecule has 0 aliphatic heterocycles. The Balaban J connectivity index is 3.01. The number of carbonyl (C=O) groups excluding carboxylic acids is 1. The fraction of sp³-hybridized carbons (Fsp3) is 0.364. The highest BCUT2D eigenvalue weighted by Crippen LogP contribution is 2.34. The van der Waals surface area contributed by atoms with E-state index < -0.39 is 17.9 Å². The van der Waals surface area contributed by atoms with Gasteiger partial charge in [-0.05, 0) is 40.5 Å². The lowest BCUT2D eigenvalue weighted by molar-refractivity contribution is -0.174. The van der Waals surface area contributed by atoms with Crippen LogP contribution < -0.4 is 5.73 Å². The van der Waals surface area contributed by atoms with Crippen LogP contribution in [-0.2, 0) is 9.53 Å². The summed E-state index contributed by atoms with van der Waals surface area (Å²) >= 11 is 2.98. The molecule has 18 heavy (non-hydrogen) atoms. The van der Waals surface area contributed by atoms with Gasteiger partial charge in [-0.1, -0.05) is 6.07 Å². The predicted molar refractivity (Wildman–Crippen MR) is 64.3 cm³/mol. The SMILES string of the molecule is CCOC(=O)C(F)(F)[C@H](N)c1ccc(O)c(Br)c1. The van der Waals surface area contributed by atoms with Crippen molar-refractivity contribution >= 4 is 21.9 Å². The molecule has 7 heteroatoms. The van der Waals surface area contributed by atoms with Crippen LogP contribution in [0.1, 0.15) is 18.5 Å². The minimum absolute atomic E-state index is 0.0118. The van der Waals surface area contributed by atoms with Crippen molar-refractivity contribution in [2.45, 2.75) is 18.9 Å². The fourth-order valence-corrected chi connectivity index (χ4v) is 1.68. The maximum Gasteiger partial charge on any atom is 0.379 e. The predicted octanol–water partition coefficient (Wildman–Crippen LogP) is 2.35. The quantitative estimate of drug-likeness (QED) is 0.834. The normalized spacial score (nSPS) is 13.2. The second kappa shape index (κ2) is 5.62. The number of phenolic OH excluding ortho intramolecular Hbond substituents is 1. The Morgan fingerprint density at radius 3 is 2.72 bits per heavy atom. The molecule has 0 bridgehead atoms. The summed E-state index contributed by atoms with van der Waals surface area (Å²) in [7, 11) is 0. The van der Waals surface area contributed by atoms with Gasteiger partial charge in [-0.2, -0.15) is 8.78 Å². The molecule has 1 aromatic rings. The summed E-state index contributed by atoms with van der Waals surface area (Å²) < 4.78 is 31.8. The van der Waals surface area contributed by atoms with E-state index in [2.05, 4.69) is 20.7 Å². The number of hydrogen-bond acceptors (Lipinski definition) is 4. The van der Waals surface area contributed by atoms with Crippen LogP contribution in [0.15, 0.2) is 22.7 Å². The lowest BCUT2D eigenvalue weighted by Crippen LogP contribution is -2.41. The van der Waals surface area contributed by atoms with Crippen molar-refractivity contribution in [2.75, 3.05) is 6.61 Å². The maximum absolute atomic E-state index is 13.6. The molecule has 0 aliphatic carbocycles. The van der Waals surface area contributed by atoms with Gasteiger partial charge in [0.25, 0.3) is 0 Å². The Kier molecular flexibility index (Phi) is 4.64. The highest BCUT2D eigenvalue weighted by molar-refractivity contribution is 9.10. The third kappa shape index (κ3) is 2.97. The molecule has 1 atom stereocenters. The average molecular weight is 324 g/mol. The molecular formula is C11H12BrF2NO3. The Bertz CT molecular complexity index is 454. The third-order valence-electron chi connectivity index (χ3n) is 2.27. The summed E-state index contributed by atoms with van der Waals surface area (Å²) in [6, 6.07) is 1.82. The fourth-order valence-electron chi connectivity index (χ4n) is 1.28. The van der Waals surface area contributed by atoms with Crippen LogP contribution in [0.4, 0.5) is 8.78 Å². The lowest BCUT2D eigenvalue weighted by Gasteiger charge is -2.22. The standard InChI is InChI=1S/C11H12BrF2NO3/c1-2-18-10(17)11(13,14)9(15)6-3-4-8(16)7(12)5-6/h3-5,9,16H,2,15H2,1H3/t9-/m1/s1. The summed E-state index contributed by atoms with van der Waals surface area (Å²) in [6.07, 6.45) is 0. The van der Waals surface area contributed by atoms with Crippen LogP contribution in [0.25, 0.3) is 0 Å². The molecule has 0 saturated carbocycles. The van der Waals surface area contributed by atoms with Gasteiger partial charge in [0.2, 0.25) is 0 Å². The minimum Gasteiger partial charge on any atom is -0.507 e. The van der Waals surface area contributed by atoms with Gasteiger partial charge in [-0.25, -0.2) is 4.79 Å². The Hall–Kier alpha value is -1.21. The first-order chi connectivity index (χ1) is 8.30. The zero-order chi connectivity index (χ0) is 13.9. The molecule has 4 nitrogen and oxygen atoms in total. The van der Waals surface area contributed by atoms with Gasteiger partial charge < -0.3 is 15.6 Å². The van der Waals surface area contributed by atoms with Crippen molar-refractivity contribution < 1.29 is 23.4 Å². The molecule has 0 aromatic heterocycles. The number of hydrogen-bond donors (Lipinski definition) is 2. The highest BCUT2D eigenvalue weighted by atomic mass is 79.9. The molecule has 3 N–H and O–H groups in total. The molecule has 0 aliphatic rings. The van der Waals surface area contributed by atoms with E-state index in [0.29, 0.717) is 0 Å². The molecule has 0 amide bonds. The number of esters is 1. The average Bonchev–Trinajstić information content (AvgIpc) is 2.32. The third-order valence-corrected chi connectivity index (χ3v) is 2.90. The number of nitrogens with two attached hydrogens (primary N) is 1. The monoisotopic (exact) mass is 323 g/mol. The van der Waals surface area contributed by atoms with Crippen molar-refractivity contribution in [3.63, 3.8) is 0 Å². The first kappa shape index (κ1) is 14.8. The molecule has 100 valence electrons. The Labute approximate surface area is 111 Å².